The molecule has 0 aliphatic carbocycles. The Balaban J connectivity index is 1.78. The highest BCUT2D eigenvalue weighted by atomic mass is 35.5. The molecule has 3 aromatic rings. The largest absolute Gasteiger partial charge is 0.375 e. The van der Waals surface area contributed by atoms with Crippen LogP contribution in [0.1, 0.15) is 42.2 Å². The first-order valence-corrected chi connectivity index (χ1v) is 9.99. The lowest BCUT2D eigenvalue weighted by Crippen LogP contribution is -2.42. The number of methoxy groups -OCH3 is 1. The number of carbonyl (C=O) groups is 1. The maximum atomic E-state index is 13.4. The van der Waals surface area contributed by atoms with E-state index in [2.05, 4.69) is 10.1 Å². The molecule has 0 fully saturated rings. The number of hydrogen-bond acceptors (Lipinski definition) is 4. The molecule has 0 bridgehead atoms. The molecule has 0 saturated heterocycles. The number of aromatic nitrogens is 3. The van der Waals surface area contributed by atoms with Crippen molar-refractivity contribution in [1.29, 1.82) is 0 Å². The summed E-state index contributed by atoms with van der Waals surface area (Å²) in [6, 6.07) is 9.03. The van der Waals surface area contributed by atoms with Crippen LogP contribution in [0.2, 0.25) is 10.0 Å². The maximum absolute atomic E-state index is 13.4. The summed E-state index contributed by atoms with van der Waals surface area (Å²) >= 11 is 12.2. The van der Waals surface area contributed by atoms with Gasteiger partial charge in [0.25, 0.3) is 5.91 Å². The van der Waals surface area contributed by atoms with E-state index in [-0.39, 0.29) is 18.1 Å². The number of amides is 1. The second kappa shape index (κ2) is 7.78. The van der Waals surface area contributed by atoms with Crippen LogP contribution in [0.25, 0.3) is 11.1 Å². The molecule has 2 unspecified atom stereocenters. The Morgan fingerprint density at radius 1 is 1.21 bits per heavy atom. The number of nitrogens with zero attached hydrogens (tertiary/aromatic N) is 4. The molecule has 8 heteroatoms. The first kappa shape index (κ1) is 19.9. The van der Waals surface area contributed by atoms with Crippen molar-refractivity contribution in [2.24, 2.45) is 0 Å². The SMILES string of the molecule is COC(C)c1cc(-c2cnn3c2C(=O)N(c2ccc(Cl)c(Cl)c2)CC3C)ccn1. The minimum Gasteiger partial charge on any atom is -0.375 e. The molecule has 150 valence electrons. The highest BCUT2D eigenvalue weighted by molar-refractivity contribution is 6.42. The molecule has 6 nitrogen and oxygen atoms in total. The van der Waals surface area contributed by atoms with E-state index >= 15 is 0 Å². The molecular weight excluding hydrogens is 411 g/mol. The summed E-state index contributed by atoms with van der Waals surface area (Å²) in [5.74, 6) is -0.132. The fourth-order valence-electron chi connectivity index (χ4n) is 3.51. The molecule has 0 spiro atoms. The molecule has 4 rings (SSSR count). The van der Waals surface area contributed by atoms with E-state index < -0.39 is 0 Å². The Morgan fingerprint density at radius 2 is 2.00 bits per heavy atom. The number of pyridine rings is 1. The topological polar surface area (TPSA) is 60.3 Å². The van der Waals surface area contributed by atoms with E-state index in [1.807, 2.05) is 26.0 Å². The van der Waals surface area contributed by atoms with Gasteiger partial charge < -0.3 is 9.64 Å². The van der Waals surface area contributed by atoms with Crippen molar-refractivity contribution in [2.45, 2.75) is 26.0 Å². The average Bonchev–Trinajstić information content (AvgIpc) is 3.18. The lowest BCUT2D eigenvalue weighted by molar-refractivity contribution is 0.0954. The van der Waals surface area contributed by atoms with Gasteiger partial charge in [-0.3, -0.25) is 14.5 Å². The predicted molar refractivity (Wildman–Crippen MR) is 114 cm³/mol. The smallest absolute Gasteiger partial charge is 0.277 e. The Hall–Kier alpha value is -2.41. The van der Waals surface area contributed by atoms with Crippen LogP contribution >= 0.6 is 23.2 Å². The minimum absolute atomic E-state index is 0.00473. The molecule has 29 heavy (non-hydrogen) atoms. The van der Waals surface area contributed by atoms with Gasteiger partial charge in [-0.25, -0.2) is 0 Å². The van der Waals surface area contributed by atoms with Gasteiger partial charge in [0.15, 0.2) is 0 Å². The van der Waals surface area contributed by atoms with Crippen LogP contribution in [-0.4, -0.2) is 34.3 Å². The lowest BCUT2D eigenvalue weighted by atomic mass is 10.0. The van der Waals surface area contributed by atoms with Crippen molar-refractivity contribution in [3.8, 4) is 11.1 Å². The van der Waals surface area contributed by atoms with Gasteiger partial charge in [0.05, 0.1) is 34.1 Å². The Kier molecular flexibility index (Phi) is 5.34. The summed E-state index contributed by atoms with van der Waals surface area (Å²) in [7, 11) is 1.64. The van der Waals surface area contributed by atoms with Crippen LogP contribution in [-0.2, 0) is 4.74 Å². The third-order valence-electron chi connectivity index (χ3n) is 5.18. The summed E-state index contributed by atoms with van der Waals surface area (Å²) < 4.78 is 7.16. The molecule has 1 aliphatic rings. The minimum atomic E-state index is -0.149. The number of halogens is 2. The third kappa shape index (κ3) is 3.52. The average molecular weight is 431 g/mol. The van der Waals surface area contributed by atoms with Crippen molar-refractivity contribution in [1.82, 2.24) is 14.8 Å². The second-order valence-electron chi connectivity index (χ2n) is 7.06. The number of hydrogen-bond donors (Lipinski definition) is 0. The summed E-state index contributed by atoms with van der Waals surface area (Å²) in [5.41, 5.74) is 3.67. The Labute approximate surface area is 179 Å². The van der Waals surface area contributed by atoms with E-state index in [1.165, 1.54) is 0 Å². The summed E-state index contributed by atoms with van der Waals surface area (Å²) in [5, 5.41) is 5.36. The van der Waals surface area contributed by atoms with E-state index in [0.29, 0.717) is 28.0 Å². The van der Waals surface area contributed by atoms with Crippen LogP contribution in [0.4, 0.5) is 5.69 Å². The van der Waals surface area contributed by atoms with E-state index in [1.54, 1.807) is 47.3 Å². The lowest BCUT2D eigenvalue weighted by Gasteiger charge is -2.32. The summed E-state index contributed by atoms with van der Waals surface area (Å²) in [6.07, 6.45) is 3.31. The molecule has 2 atom stereocenters. The van der Waals surface area contributed by atoms with Crippen LogP contribution in [0, 0.1) is 0 Å². The van der Waals surface area contributed by atoms with Gasteiger partial charge in [-0.15, -0.1) is 0 Å². The van der Waals surface area contributed by atoms with Gasteiger partial charge in [0, 0.05) is 31.1 Å². The molecule has 3 heterocycles. The van der Waals surface area contributed by atoms with Crippen molar-refractivity contribution >= 4 is 34.8 Å². The standard InChI is InChI=1S/C21H20Cl2N4O2/c1-12-11-26(15-4-5-17(22)18(23)9-15)21(28)20-16(10-25-27(12)20)14-6-7-24-19(8-14)13(2)29-3/h4-10,12-13H,11H2,1-3H3. The molecule has 2 aromatic heterocycles. The first-order valence-electron chi connectivity index (χ1n) is 9.24. The first-order chi connectivity index (χ1) is 13.9. The van der Waals surface area contributed by atoms with Gasteiger partial charge in [0.2, 0.25) is 0 Å². The Bertz CT molecular complexity index is 1080. The summed E-state index contributed by atoms with van der Waals surface area (Å²) in [6.45, 7) is 4.45. The number of ether oxygens (including phenoxy) is 1. The predicted octanol–water partition coefficient (Wildman–Crippen LogP) is 5.18. The quantitative estimate of drug-likeness (QED) is 0.571. The fraction of sp³-hybridized carbons (Fsp3) is 0.286. The summed E-state index contributed by atoms with van der Waals surface area (Å²) in [4.78, 5) is 19.5. The van der Waals surface area contributed by atoms with E-state index in [9.17, 15) is 4.79 Å². The number of fused-ring (bicyclic) bond motifs is 1. The molecule has 0 N–H and O–H groups in total. The van der Waals surface area contributed by atoms with Crippen molar-refractivity contribution in [2.75, 3.05) is 18.6 Å². The number of anilines is 1. The van der Waals surface area contributed by atoms with Gasteiger partial charge >= 0.3 is 0 Å². The van der Waals surface area contributed by atoms with Crippen molar-refractivity contribution < 1.29 is 9.53 Å². The number of benzene rings is 1. The van der Waals surface area contributed by atoms with Crippen LogP contribution in [0.5, 0.6) is 0 Å². The third-order valence-corrected chi connectivity index (χ3v) is 5.92. The van der Waals surface area contributed by atoms with Crippen LogP contribution in [0.15, 0.2) is 42.7 Å². The number of carbonyl (C=O) groups excluding carboxylic acids is 1. The zero-order valence-corrected chi connectivity index (χ0v) is 17.8. The van der Waals surface area contributed by atoms with Gasteiger partial charge in [-0.2, -0.15) is 5.10 Å². The highest BCUT2D eigenvalue weighted by Gasteiger charge is 2.34. The molecule has 0 radical (unpaired) electrons. The molecule has 1 aromatic carbocycles. The van der Waals surface area contributed by atoms with Crippen LogP contribution in [0.3, 0.4) is 0 Å². The monoisotopic (exact) mass is 430 g/mol. The highest BCUT2D eigenvalue weighted by Crippen LogP contribution is 2.35. The number of rotatable bonds is 4. The molecule has 0 saturated carbocycles. The maximum Gasteiger partial charge on any atom is 0.277 e. The van der Waals surface area contributed by atoms with Crippen LogP contribution < -0.4 is 4.90 Å². The fourth-order valence-corrected chi connectivity index (χ4v) is 3.80. The zero-order chi connectivity index (χ0) is 20.7. The van der Waals surface area contributed by atoms with Crippen molar-refractivity contribution in [3.63, 3.8) is 0 Å². The van der Waals surface area contributed by atoms with E-state index in [4.69, 9.17) is 27.9 Å². The van der Waals surface area contributed by atoms with Crippen molar-refractivity contribution in [3.05, 3.63) is 64.2 Å². The molecule has 1 aliphatic heterocycles. The normalized spacial score (nSPS) is 17.3. The molecular formula is C21H20Cl2N4O2. The zero-order valence-electron chi connectivity index (χ0n) is 16.3. The second-order valence-corrected chi connectivity index (χ2v) is 7.88. The Morgan fingerprint density at radius 3 is 2.72 bits per heavy atom. The van der Waals surface area contributed by atoms with Gasteiger partial charge in [-0.05, 0) is 49.7 Å². The molecule has 1 amide bonds. The van der Waals surface area contributed by atoms with Gasteiger partial charge in [0.1, 0.15) is 5.69 Å². The van der Waals surface area contributed by atoms with E-state index in [0.717, 1.165) is 16.8 Å². The van der Waals surface area contributed by atoms with Gasteiger partial charge in [-0.1, -0.05) is 23.2 Å².